The minimum absolute atomic E-state index is 0.280. The van der Waals surface area contributed by atoms with Crippen molar-refractivity contribution in [2.24, 2.45) is 0 Å². The molecule has 2 rings (SSSR count). The monoisotopic (exact) mass is 227 g/mol. The van der Waals surface area contributed by atoms with Gasteiger partial charge in [-0.05, 0) is 29.8 Å². The number of hydrogen-bond acceptors (Lipinski definition) is 4. The molecule has 0 bridgehead atoms. The van der Waals surface area contributed by atoms with Gasteiger partial charge in [0.2, 0.25) is 5.95 Å². The van der Waals surface area contributed by atoms with Crippen molar-refractivity contribution in [1.29, 1.82) is 0 Å². The van der Waals surface area contributed by atoms with Crippen LogP contribution < -0.4 is 10.5 Å². The van der Waals surface area contributed by atoms with E-state index in [9.17, 15) is 0 Å². The molecule has 0 saturated heterocycles. The van der Waals surface area contributed by atoms with Crippen LogP contribution in [0.25, 0.3) is 12.2 Å². The second kappa shape index (κ2) is 5.12. The smallest absolute Gasteiger partial charge is 0.220 e. The number of anilines is 1. The molecule has 86 valence electrons. The largest absolute Gasteiger partial charge is 0.497 e. The fourth-order valence-corrected chi connectivity index (χ4v) is 1.38. The number of aromatic nitrogens is 2. The lowest BCUT2D eigenvalue weighted by Crippen LogP contribution is -1.94. The van der Waals surface area contributed by atoms with Crippen molar-refractivity contribution in [2.75, 3.05) is 12.8 Å². The molecule has 0 radical (unpaired) electrons. The van der Waals surface area contributed by atoms with Gasteiger partial charge in [0.25, 0.3) is 0 Å². The second-order valence-electron chi connectivity index (χ2n) is 3.45. The van der Waals surface area contributed by atoms with Gasteiger partial charge >= 0.3 is 0 Å². The summed E-state index contributed by atoms with van der Waals surface area (Å²) in [5, 5.41) is 0. The Kier molecular flexibility index (Phi) is 3.35. The minimum Gasteiger partial charge on any atom is -0.497 e. The van der Waals surface area contributed by atoms with Gasteiger partial charge < -0.3 is 10.5 Å². The summed E-state index contributed by atoms with van der Waals surface area (Å²) in [5.41, 5.74) is 7.35. The molecule has 0 aliphatic carbocycles. The Balaban J connectivity index is 2.14. The zero-order valence-corrected chi connectivity index (χ0v) is 9.50. The molecule has 17 heavy (non-hydrogen) atoms. The maximum Gasteiger partial charge on any atom is 0.220 e. The van der Waals surface area contributed by atoms with Gasteiger partial charge in [0.1, 0.15) is 5.75 Å². The van der Waals surface area contributed by atoms with Crippen LogP contribution in [0.5, 0.6) is 5.75 Å². The first-order chi connectivity index (χ1) is 8.28. The fraction of sp³-hybridized carbons (Fsp3) is 0.0769. The molecule has 0 unspecified atom stereocenters. The van der Waals surface area contributed by atoms with Gasteiger partial charge in [-0.15, -0.1) is 0 Å². The molecule has 0 spiro atoms. The van der Waals surface area contributed by atoms with Crippen molar-refractivity contribution in [3.05, 3.63) is 47.8 Å². The van der Waals surface area contributed by atoms with E-state index in [-0.39, 0.29) is 5.95 Å². The molecule has 4 heteroatoms. The highest BCUT2D eigenvalue weighted by molar-refractivity contribution is 5.68. The Labute approximate surface area is 99.8 Å². The molecule has 0 amide bonds. The number of nitrogen functional groups attached to an aromatic ring is 1. The highest BCUT2D eigenvalue weighted by atomic mass is 16.5. The van der Waals surface area contributed by atoms with E-state index in [1.165, 1.54) is 0 Å². The van der Waals surface area contributed by atoms with Crippen LogP contribution in [-0.4, -0.2) is 17.1 Å². The van der Waals surface area contributed by atoms with Crippen LogP contribution in [0.3, 0.4) is 0 Å². The van der Waals surface area contributed by atoms with Crippen molar-refractivity contribution in [2.45, 2.75) is 0 Å². The van der Waals surface area contributed by atoms with Gasteiger partial charge in [0.05, 0.1) is 12.8 Å². The third-order valence-corrected chi connectivity index (χ3v) is 2.26. The summed E-state index contributed by atoms with van der Waals surface area (Å²) in [5.74, 6) is 1.12. The molecule has 0 fully saturated rings. The number of hydrogen-bond donors (Lipinski definition) is 1. The van der Waals surface area contributed by atoms with Crippen LogP contribution in [0.1, 0.15) is 11.3 Å². The summed E-state index contributed by atoms with van der Waals surface area (Å²) in [7, 11) is 1.65. The maximum atomic E-state index is 5.49. The zero-order chi connectivity index (χ0) is 12.1. The molecule has 0 atom stereocenters. The van der Waals surface area contributed by atoms with Crippen LogP contribution in [0, 0.1) is 0 Å². The van der Waals surface area contributed by atoms with E-state index in [1.807, 2.05) is 36.4 Å². The fourth-order valence-electron chi connectivity index (χ4n) is 1.38. The predicted molar refractivity (Wildman–Crippen MR) is 68.4 cm³/mol. The summed E-state index contributed by atoms with van der Waals surface area (Å²) in [6.07, 6.45) is 5.48. The lowest BCUT2D eigenvalue weighted by molar-refractivity contribution is 0.415. The molecule has 0 aliphatic rings. The normalized spacial score (nSPS) is 10.6. The Morgan fingerprint density at radius 2 is 1.88 bits per heavy atom. The lowest BCUT2D eigenvalue weighted by atomic mass is 10.2. The SMILES string of the molecule is COc1ccc(C=Cc2ccnc(N)n2)cc1. The van der Waals surface area contributed by atoms with Crippen molar-refractivity contribution in [3.8, 4) is 5.75 Å². The summed E-state index contributed by atoms with van der Waals surface area (Å²) >= 11 is 0. The predicted octanol–water partition coefficient (Wildman–Crippen LogP) is 2.24. The summed E-state index contributed by atoms with van der Waals surface area (Å²) in [6, 6.07) is 9.57. The number of nitrogens with two attached hydrogens (primary N) is 1. The Morgan fingerprint density at radius 1 is 1.12 bits per heavy atom. The molecule has 2 aromatic rings. The second-order valence-corrected chi connectivity index (χ2v) is 3.45. The number of rotatable bonds is 3. The van der Waals surface area contributed by atoms with Gasteiger partial charge in [0.15, 0.2) is 0 Å². The molecular weight excluding hydrogens is 214 g/mol. The highest BCUT2D eigenvalue weighted by Crippen LogP contribution is 2.13. The van der Waals surface area contributed by atoms with E-state index in [0.29, 0.717) is 0 Å². The van der Waals surface area contributed by atoms with Gasteiger partial charge in [-0.25, -0.2) is 9.97 Å². The molecule has 2 N–H and O–H groups in total. The van der Waals surface area contributed by atoms with Gasteiger partial charge in [-0.2, -0.15) is 0 Å². The van der Waals surface area contributed by atoms with Crippen LogP contribution in [0.15, 0.2) is 36.5 Å². The van der Waals surface area contributed by atoms with E-state index in [2.05, 4.69) is 9.97 Å². The number of ether oxygens (including phenoxy) is 1. The molecule has 0 saturated carbocycles. The minimum atomic E-state index is 0.280. The molecule has 4 nitrogen and oxygen atoms in total. The van der Waals surface area contributed by atoms with Crippen LogP contribution in [0.2, 0.25) is 0 Å². The number of benzene rings is 1. The van der Waals surface area contributed by atoms with Gasteiger partial charge in [0, 0.05) is 6.20 Å². The van der Waals surface area contributed by atoms with Gasteiger partial charge in [-0.3, -0.25) is 0 Å². The summed E-state index contributed by atoms with van der Waals surface area (Å²) in [6.45, 7) is 0. The van der Waals surface area contributed by atoms with E-state index in [1.54, 1.807) is 19.4 Å². The highest BCUT2D eigenvalue weighted by Gasteiger charge is 1.92. The summed E-state index contributed by atoms with van der Waals surface area (Å²) < 4.78 is 5.09. The first-order valence-electron chi connectivity index (χ1n) is 5.18. The molecule has 1 aromatic heterocycles. The van der Waals surface area contributed by atoms with E-state index in [4.69, 9.17) is 10.5 Å². The first-order valence-corrected chi connectivity index (χ1v) is 5.18. The third-order valence-electron chi connectivity index (χ3n) is 2.26. The van der Waals surface area contributed by atoms with Crippen molar-refractivity contribution < 1.29 is 4.74 Å². The van der Waals surface area contributed by atoms with Crippen LogP contribution in [-0.2, 0) is 0 Å². The average Bonchev–Trinajstić information content (AvgIpc) is 2.37. The Hall–Kier alpha value is -2.36. The van der Waals surface area contributed by atoms with Crippen molar-refractivity contribution >= 4 is 18.1 Å². The average molecular weight is 227 g/mol. The van der Waals surface area contributed by atoms with Crippen molar-refractivity contribution in [3.63, 3.8) is 0 Å². The number of methoxy groups -OCH3 is 1. The van der Waals surface area contributed by atoms with Crippen LogP contribution in [0.4, 0.5) is 5.95 Å². The maximum absolute atomic E-state index is 5.49. The third kappa shape index (κ3) is 3.04. The van der Waals surface area contributed by atoms with Crippen LogP contribution >= 0.6 is 0 Å². The zero-order valence-electron chi connectivity index (χ0n) is 9.50. The molecule has 1 heterocycles. The van der Waals surface area contributed by atoms with E-state index in [0.717, 1.165) is 17.0 Å². The Bertz CT molecular complexity index is 520. The summed E-state index contributed by atoms with van der Waals surface area (Å²) in [4.78, 5) is 7.91. The van der Waals surface area contributed by atoms with Crippen molar-refractivity contribution in [1.82, 2.24) is 9.97 Å². The number of nitrogens with zero attached hydrogens (tertiary/aromatic N) is 2. The first kappa shape index (κ1) is 11.1. The Morgan fingerprint density at radius 3 is 2.53 bits per heavy atom. The molecule has 0 aliphatic heterocycles. The quantitative estimate of drug-likeness (QED) is 0.873. The lowest BCUT2D eigenvalue weighted by Gasteiger charge is -1.99. The standard InChI is InChI=1S/C13H13N3O/c1-17-12-6-3-10(4-7-12)2-5-11-8-9-15-13(14)16-11/h2-9H,1H3,(H2,14,15,16). The molecule has 1 aromatic carbocycles. The van der Waals surface area contributed by atoms with Gasteiger partial charge in [-0.1, -0.05) is 18.2 Å². The molecular formula is C13H13N3O. The topological polar surface area (TPSA) is 61.0 Å². The van der Waals surface area contributed by atoms with E-state index >= 15 is 0 Å². The van der Waals surface area contributed by atoms with E-state index < -0.39 is 0 Å².